The highest BCUT2D eigenvalue weighted by Gasteiger charge is 2.15. The maximum absolute atomic E-state index is 11.9. The molecule has 39 heteroatoms. The number of aromatic nitrogens is 28. The zero-order chi connectivity index (χ0) is 76.8. The lowest BCUT2D eigenvalue weighted by atomic mass is 10.1. The van der Waals surface area contributed by atoms with Crippen molar-refractivity contribution in [3.8, 4) is 56.0 Å². The molecule has 0 saturated carbocycles. The van der Waals surface area contributed by atoms with Crippen molar-refractivity contribution in [3.05, 3.63) is 292 Å². The van der Waals surface area contributed by atoms with Crippen molar-refractivity contribution in [3.63, 3.8) is 0 Å². The third kappa shape index (κ3) is 17.3. The van der Waals surface area contributed by atoms with Gasteiger partial charge in [-0.25, -0.2) is 73.2 Å². The van der Waals surface area contributed by atoms with Crippen LogP contribution in [0.1, 0.15) is 11.4 Å². The fraction of sp³-hybridized carbons (Fsp3) is 0.0845. The topological polar surface area (TPSA) is 424 Å². The van der Waals surface area contributed by atoms with Crippen LogP contribution >= 0.6 is 59.3 Å². The van der Waals surface area contributed by atoms with E-state index in [2.05, 4.69) is 112 Å². The molecular weight excluding hydrogens is 1500 g/mol. The number of aromatic amines is 7. The number of fused-ring (bicyclic) bond motifs is 7. The molecule has 0 saturated heterocycles. The Hall–Kier alpha value is -13.6. The molecule has 0 unspecified atom stereocenters. The van der Waals surface area contributed by atoms with Crippen molar-refractivity contribution in [2.24, 2.45) is 0 Å². The molecule has 14 aromatic heterocycles. The molecule has 0 fully saturated rings. The van der Waals surface area contributed by atoms with Gasteiger partial charge in [-0.15, -0.1) is 0 Å². The largest absolute Gasteiger partial charge is 0.350 e. The summed E-state index contributed by atoms with van der Waals surface area (Å²) in [6.07, 6.45) is 16.6. The molecule has 19 aromatic rings. The number of benzene rings is 5. The van der Waals surface area contributed by atoms with Gasteiger partial charge in [0, 0.05) is 52.6 Å². The molecule has 5 aromatic carbocycles. The highest BCUT2D eigenvalue weighted by Crippen LogP contribution is 2.26. The highest BCUT2D eigenvalue weighted by molar-refractivity contribution is 7.99. The number of nitrogens with zero attached hydrogens (tertiary/aromatic N) is 21. The maximum Gasteiger partial charge on any atom is 0.350 e. The lowest BCUT2D eigenvalue weighted by Gasteiger charge is -2.01. The van der Waals surface area contributed by atoms with Crippen molar-refractivity contribution in [2.45, 2.75) is 34.5 Å². The predicted octanol–water partition coefficient (Wildman–Crippen LogP) is 9.13. The molecule has 550 valence electrons. The van der Waals surface area contributed by atoms with E-state index in [1.165, 1.54) is 93.0 Å². The van der Waals surface area contributed by atoms with Crippen LogP contribution in [0.3, 0.4) is 0 Å². The lowest BCUT2D eigenvalue weighted by molar-refractivity contribution is 0.787. The van der Waals surface area contributed by atoms with E-state index >= 15 is 0 Å². The molecule has 0 spiro atoms. The van der Waals surface area contributed by atoms with Crippen LogP contribution in [0.2, 0.25) is 0 Å². The van der Waals surface area contributed by atoms with Crippen LogP contribution in [0.25, 0.3) is 95.6 Å². The number of rotatable bonds is 9. The summed E-state index contributed by atoms with van der Waals surface area (Å²) < 4.78 is 9.73. The van der Waals surface area contributed by atoms with Crippen LogP contribution < -0.4 is 34.1 Å². The molecule has 110 heavy (non-hydrogen) atoms. The number of aryl methyl sites for hydroxylation is 2. The van der Waals surface area contributed by atoms with Gasteiger partial charge in [0.1, 0.15) is 5.82 Å². The van der Waals surface area contributed by atoms with Crippen LogP contribution in [0.15, 0.2) is 263 Å². The van der Waals surface area contributed by atoms with Gasteiger partial charge in [-0.05, 0) is 67.8 Å². The average molecular weight is 1560 g/mol. The van der Waals surface area contributed by atoms with Crippen molar-refractivity contribution >= 4 is 98.8 Å². The number of hydrogen-bond acceptors (Lipinski definition) is 25. The van der Waals surface area contributed by atoms with Crippen LogP contribution in [-0.4, -0.2) is 162 Å². The van der Waals surface area contributed by atoms with Gasteiger partial charge in [-0.3, -0.25) is 35.0 Å². The van der Waals surface area contributed by atoms with Crippen molar-refractivity contribution < 1.29 is 0 Å². The van der Waals surface area contributed by atoms with Gasteiger partial charge in [0.15, 0.2) is 60.2 Å². The Kier molecular flexibility index (Phi) is 23.3. The maximum atomic E-state index is 11.9. The second-order valence-corrected chi connectivity index (χ2v) is 26.3. The van der Waals surface area contributed by atoms with E-state index in [-0.39, 0.29) is 34.1 Å². The first-order chi connectivity index (χ1) is 53.5. The van der Waals surface area contributed by atoms with Crippen LogP contribution in [-0.2, 0) is 0 Å². The Balaban J connectivity index is 0.000000114. The molecular formula is C71H60N28O6S5. The van der Waals surface area contributed by atoms with Gasteiger partial charge < -0.3 is 0 Å². The van der Waals surface area contributed by atoms with Crippen LogP contribution in [0.5, 0.6) is 0 Å². The standard InChI is InChI=1S/C13H12N4OS.2C12H10N4OS.C12H10N4S.C11H8N4O.C6H6N4OS.C5H4N4O/c1-8-4-3-5-9(6-8)10-7-14-17-11(10)15-12(19-2)16-13(17)18;1-18-11-14-10-9(8-5-3-2-4-6-8)7-13-16(10)12(17)15-11;1-18-11-13-10-7-9(8-5-3-2-4-6-8)15-16(10)12(17)14-11;1-8-13-11-7-10(9-5-3-2-4-6-9)15-16(11)12(17)14-8;16-11-13-7-12-10-6-9(14-15(10)11)8-4-2-1-3-5-8;1-12-5-8-4-2-3-7-10(4)6(11)9-5;10-5-7-3-6-4-1-2-8-9(4)5/h3-7H,1-2H3,(H,15,16,18);2-7H,1H3,(H,14,15,17);2-7H,1H3,(H,13,14,17);2-7,15H,1H3;1-7H,(H,12,13,16);2-3H,1H3,(H,8,9,11);1-3H,(H,6,7,10). The van der Waals surface area contributed by atoms with E-state index in [0.29, 0.717) is 65.1 Å². The van der Waals surface area contributed by atoms with Gasteiger partial charge >= 0.3 is 34.1 Å². The number of nitrogens with one attached hydrogen (secondary N) is 7. The Bertz CT molecular complexity index is 6840. The summed E-state index contributed by atoms with van der Waals surface area (Å²) in [5.41, 5.74) is 13.0. The molecule has 0 bridgehead atoms. The van der Waals surface area contributed by atoms with E-state index in [0.717, 1.165) is 67.2 Å². The summed E-state index contributed by atoms with van der Waals surface area (Å²) in [6.45, 7) is 3.87. The molecule has 0 aliphatic carbocycles. The minimum Gasteiger partial charge on any atom is -0.296 e. The molecule has 19 rings (SSSR count). The van der Waals surface area contributed by atoms with Gasteiger partial charge in [0.25, 0.3) is 0 Å². The van der Waals surface area contributed by atoms with Crippen molar-refractivity contribution in [1.82, 2.24) is 137 Å². The van der Waals surface area contributed by atoms with Gasteiger partial charge in [-0.1, -0.05) is 198 Å². The molecule has 0 atom stereocenters. The summed E-state index contributed by atoms with van der Waals surface area (Å²) in [4.78, 5) is 118. The SMILES string of the molecule is CSc1nc2c(-c3cccc(C)c3)cnn2c(=O)[nH]1.CSc1nc2c(-c3ccccc3)cnn2c(=O)[nH]1.CSc1nc2cc(-c3ccccc3)nn2c(=O)[nH]1.CSc1nc2ccnn2c(=O)[nH]1.Cc1nc(=S)n2[nH]c(-c3ccccc3)cc2n1.O=c1[nH]cnc2cc(-c3ccccc3)nn12.O=c1[nH]cnc2ccnn12. The normalized spacial score (nSPS) is 10.9. The quantitative estimate of drug-likeness (QED) is 0.0523. The molecule has 14 heterocycles. The second kappa shape index (κ2) is 34.3. The zero-order valence-electron chi connectivity index (χ0n) is 58.6. The molecule has 0 radical (unpaired) electrons. The minimum atomic E-state index is -0.285. The van der Waals surface area contributed by atoms with Gasteiger partial charge in [0.05, 0.1) is 54.5 Å². The molecule has 34 nitrogen and oxygen atoms in total. The average Bonchev–Trinajstić information content (AvgIpc) is 1.63. The minimum absolute atomic E-state index is 0.255. The first-order valence-electron chi connectivity index (χ1n) is 32.7. The molecule has 0 aliphatic rings. The fourth-order valence-corrected chi connectivity index (χ4v) is 12.3. The van der Waals surface area contributed by atoms with Gasteiger partial charge in [0.2, 0.25) is 4.77 Å². The second-order valence-electron chi connectivity index (χ2n) is 22.8. The number of H-pyrrole nitrogens is 7. The van der Waals surface area contributed by atoms with E-state index in [1.807, 2.05) is 191 Å². The Morgan fingerprint density at radius 1 is 0.364 bits per heavy atom. The third-order valence-corrected chi connectivity index (χ3v) is 18.2. The summed E-state index contributed by atoms with van der Waals surface area (Å²) in [7, 11) is 0. The molecule has 0 aliphatic heterocycles. The molecule has 0 amide bonds. The fourth-order valence-electron chi connectivity index (χ4n) is 10.5. The Morgan fingerprint density at radius 2 is 0.791 bits per heavy atom. The smallest absolute Gasteiger partial charge is 0.296 e. The number of thioether (sulfide) groups is 4. The third-order valence-electron chi connectivity index (χ3n) is 15.6. The Morgan fingerprint density at radius 3 is 1.31 bits per heavy atom. The summed E-state index contributed by atoms with van der Waals surface area (Å²) in [5, 5.41) is 29.7. The van der Waals surface area contributed by atoms with Gasteiger partial charge in [-0.2, -0.15) is 57.7 Å². The Labute approximate surface area is 639 Å². The van der Waals surface area contributed by atoms with E-state index < -0.39 is 0 Å². The van der Waals surface area contributed by atoms with Crippen LogP contribution in [0, 0.1) is 18.6 Å². The monoisotopic (exact) mass is 1560 g/mol. The predicted molar refractivity (Wildman–Crippen MR) is 424 cm³/mol. The van der Waals surface area contributed by atoms with E-state index in [9.17, 15) is 28.8 Å². The first-order valence-corrected chi connectivity index (χ1v) is 38.0. The first kappa shape index (κ1) is 74.6. The molecule has 7 N–H and O–H groups in total. The summed E-state index contributed by atoms with van der Waals surface area (Å²) in [5.74, 6) is 0.689. The summed E-state index contributed by atoms with van der Waals surface area (Å²) >= 11 is 10.8. The van der Waals surface area contributed by atoms with Crippen LogP contribution in [0.4, 0.5) is 0 Å². The zero-order valence-corrected chi connectivity index (χ0v) is 62.7. The van der Waals surface area contributed by atoms with Crippen molar-refractivity contribution in [2.75, 3.05) is 25.0 Å². The van der Waals surface area contributed by atoms with E-state index in [1.54, 1.807) is 41.3 Å². The summed E-state index contributed by atoms with van der Waals surface area (Å²) in [6, 6.07) is 56.2. The highest BCUT2D eigenvalue weighted by atomic mass is 32.2. The van der Waals surface area contributed by atoms with Crippen molar-refractivity contribution in [1.29, 1.82) is 0 Å². The van der Waals surface area contributed by atoms with E-state index in [4.69, 9.17) is 12.2 Å². The lowest BCUT2D eigenvalue weighted by Crippen LogP contribution is -2.19. The number of hydrogen-bond donors (Lipinski definition) is 7.